The highest BCUT2D eigenvalue weighted by Gasteiger charge is 2.04. The second kappa shape index (κ2) is 3.75. The fourth-order valence-electron chi connectivity index (χ4n) is 1.19. The number of halogens is 1. The summed E-state index contributed by atoms with van der Waals surface area (Å²) >= 11 is 5.69. The van der Waals surface area contributed by atoms with Crippen LogP contribution in [0.3, 0.4) is 0 Å². The van der Waals surface area contributed by atoms with Gasteiger partial charge in [0.2, 0.25) is 0 Å². The third-order valence-corrected chi connectivity index (χ3v) is 2.07. The van der Waals surface area contributed by atoms with Crippen molar-refractivity contribution in [1.29, 1.82) is 0 Å². The van der Waals surface area contributed by atoms with Gasteiger partial charge in [0.05, 0.1) is 17.4 Å². The third-order valence-electron chi connectivity index (χ3n) is 1.88. The summed E-state index contributed by atoms with van der Waals surface area (Å²) in [5.74, 6) is 0.552. The van der Waals surface area contributed by atoms with Crippen molar-refractivity contribution in [3.8, 4) is 5.95 Å². The Labute approximate surface area is 86.6 Å². The number of aromatic nitrogens is 4. The first-order valence-corrected chi connectivity index (χ1v) is 4.70. The summed E-state index contributed by atoms with van der Waals surface area (Å²) in [6.45, 7) is 2.06. The molecular weight excluding hydrogens is 200 g/mol. The monoisotopic (exact) mass is 208 g/mol. The Balaban J connectivity index is 2.44. The Morgan fingerprint density at radius 1 is 1.36 bits per heavy atom. The number of hydrogen-bond donors (Lipinski definition) is 0. The minimum atomic E-state index is 0.527. The molecule has 2 aromatic heterocycles. The molecular formula is C9H9ClN4. The van der Waals surface area contributed by atoms with E-state index >= 15 is 0 Å². The van der Waals surface area contributed by atoms with Crippen LogP contribution in [0.25, 0.3) is 5.95 Å². The molecule has 2 aromatic rings. The predicted octanol–water partition coefficient (Wildman–Crippen LogP) is 1.88. The molecule has 0 atom stereocenters. The molecule has 2 rings (SSSR count). The maximum absolute atomic E-state index is 5.69. The maximum Gasteiger partial charge on any atom is 0.250 e. The first-order valence-electron chi connectivity index (χ1n) is 4.32. The van der Waals surface area contributed by atoms with Crippen LogP contribution in [0.4, 0.5) is 0 Å². The highest BCUT2D eigenvalue weighted by atomic mass is 35.5. The molecule has 0 unspecified atom stereocenters. The van der Waals surface area contributed by atoms with Gasteiger partial charge in [0, 0.05) is 11.9 Å². The molecule has 72 valence electrons. The van der Waals surface area contributed by atoms with Crippen LogP contribution >= 0.6 is 11.6 Å². The topological polar surface area (TPSA) is 43.6 Å². The van der Waals surface area contributed by atoms with Gasteiger partial charge < -0.3 is 0 Å². The van der Waals surface area contributed by atoms with E-state index in [1.165, 1.54) is 0 Å². The lowest BCUT2D eigenvalue weighted by Crippen LogP contribution is -2.05. The van der Waals surface area contributed by atoms with Crippen LogP contribution in [0, 0.1) is 0 Å². The highest BCUT2D eigenvalue weighted by Crippen LogP contribution is 2.08. The Morgan fingerprint density at radius 3 is 2.71 bits per heavy atom. The van der Waals surface area contributed by atoms with Gasteiger partial charge in [0.25, 0.3) is 5.95 Å². The zero-order valence-corrected chi connectivity index (χ0v) is 8.44. The lowest BCUT2D eigenvalue weighted by Gasteiger charge is -2.02. The van der Waals surface area contributed by atoms with Crippen molar-refractivity contribution in [2.75, 3.05) is 0 Å². The second-order valence-electron chi connectivity index (χ2n) is 2.79. The quantitative estimate of drug-likeness (QED) is 0.757. The molecule has 5 heteroatoms. The molecule has 0 N–H and O–H groups in total. The van der Waals surface area contributed by atoms with Crippen molar-refractivity contribution in [1.82, 2.24) is 19.7 Å². The van der Waals surface area contributed by atoms with E-state index in [-0.39, 0.29) is 0 Å². The minimum Gasteiger partial charge on any atom is -0.218 e. The molecule has 0 spiro atoms. The van der Waals surface area contributed by atoms with Gasteiger partial charge in [-0.05, 0) is 12.5 Å². The smallest absolute Gasteiger partial charge is 0.218 e. The van der Waals surface area contributed by atoms with E-state index in [2.05, 4.69) is 22.0 Å². The molecule has 0 radical (unpaired) electrons. The van der Waals surface area contributed by atoms with Crippen LogP contribution in [0.15, 0.2) is 24.7 Å². The van der Waals surface area contributed by atoms with Gasteiger partial charge in [-0.1, -0.05) is 18.5 Å². The highest BCUT2D eigenvalue weighted by molar-refractivity contribution is 6.30. The number of aryl methyl sites for hydroxylation is 1. The minimum absolute atomic E-state index is 0.527. The Kier molecular flexibility index (Phi) is 2.45. The van der Waals surface area contributed by atoms with E-state index in [0.717, 1.165) is 12.1 Å². The van der Waals surface area contributed by atoms with Crippen LogP contribution < -0.4 is 0 Å². The van der Waals surface area contributed by atoms with Gasteiger partial charge in [0.15, 0.2) is 0 Å². The van der Waals surface area contributed by atoms with Crippen molar-refractivity contribution >= 4 is 11.6 Å². The normalized spacial score (nSPS) is 10.4. The molecule has 0 amide bonds. The molecule has 0 saturated heterocycles. The second-order valence-corrected chi connectivity index (χ2v) is 3.23. The summed E-state index contributed by atoms with van der Waals surface area (Å²) in [6, 6.07) is 1.94. The molecule has 0 fully saturated rings. The lowest BCUT2D eigenvalue weighted by atomic mass is 10.3. The largest absolute Gasteiger partial charge is 0.250 e. The lowest BCUT2D eigenvalue weighted by molar-refractivity contribution is 0.760. The molecule has 2 heterocycles. The molecule has 0 aliphatic heterocycles. The number of hydrogen-bond acceptors (Lipinski definition) is 3. The van der Waals surface area contributed by atoms with E-state index in [4.69, 9.17) is 11.6 Å². The first kappa shape index (κ1) is 9.15. The average Bonchev–Trinajstić information content (AvgIpc) is 2.67. The molecule has 4 nitrogen and oxygen atoms in total. The Bertz CT molecular complexity index is 421. The van der Waals surface area contributed by atoms with Crippen LogP contribution in [0.2, 0.25) is 5.02 Å². The fraction of sp³-hybridized carbons (Fsp3) is 0.222. The van der Waals surface area contributed by atoms with Gasteiger partial charge >= 0.3 is 0 Å². The molecule has 0 aromatic carbocycles. The van der Waals surface area contributed by atoms with Gasteiger partial charge in [-0.3, -0.25) is 0 Å². The predicted molar refractivity (Wildman–Crippen MR) is 53.5 cm³/mol. The fourth-order valence-corrected chi connectivity index (χ4v) is 1.29. The molecule has 0 aliphatic carbocycles. The SMILES string of the molecule is CCc1ccnn1-c1ncc(Cl)cn1. The van der Waals surface area contributed by atoms with Crippen molar-refractivity contribution in [3.63, 3.8) is 0 Å². The Hall–Kier alpha value is -1.42. The summed E-state index contributed by atoms with van der Waals surface area (Å²) in [6.07, 6.45) is 5.75. The van der Waals surface area contributed by atoms with E-state index in [9.17, 15) is 0 Å². The van der Waals surface area contributed by atoms with E-state index in [0.29, 0.717) is 11.0 Å². The molecule has 14 heavy (non-hydrogen) atoms. The summed E-state index contributed by atoms with van der Waals surface area (Å²) in [5, 5.41) is 4.66. The number of rotatable bonds is 2. The maximum atomic E-state index is 5.69. The molecule has 0 bridgehead atoms. The molecule has 0 saturated carbocycles. The van der Waals surface area contributed by atoms with Gasteiger partial charge in [-0.25, -0.2) is 14.6 Å². The summed E-state index contributed by atoms with van der Waals surface area (Å²) in [5.41, 5.74) is 1.08. The van der Waals surface area contributed by atoms with Gasteiger partial charge in [0.1, 0.15) is 0 Å². The van der Waals surface area contributed by atoms with Crippen LogP contribution in [-0.2, 0) is 6.42 Å². The van der Waals surface area contributed by atoms with Crippen LogP contribution in [0.5, 0.6) is 0 Å². The van der Waals surface area contributed by atoms with Crippen molar-refractivity contribution < 1.29 is 0 Å². The Morgan fingerprint density at radius 2 is 2.07 bits per heavy atom. The van der Waals surface area contributed by atoms with Crippen molar-refractivity contribution in [3.05, 3.63) is 35.4 Å². The summed E-state index contributed by atoms with van der Waals surface area (Å²) in [7, 11) is 0. The van der Waals surface area contributed by atoms with E-state index < -0.39 is 0 Å². The molecule has 0 aliphatic rings. The van der Waals surface area contributed by atoms with Crippen LogP contribution in [-0.4, -0.2) is 19.7 Å². The van der Waals surface area contributed by atoms with Gasteiger partial charge in [-0.2, -0.15) is 5.10 Å². The van der Waals surface area contributed by atoms with Crippen LogP contribution in [0.1, 0.15) is 12.6 Å². The van der Waals surface area contributed by atoms with Crippen molar-refractivity contribution in [2.24, 2.45) is 0 Å². The zero-order chi connectivity index (χ0) is 9.97. The summed E-state index contributed by atoms with van der Waals surface area (Å²) < 4.78 is 1.70. The average molecular weight is 209 g/mol. The zero-order valence-electron chi connectivity index (χ0n) is 7.68. The van der Waals surface area contributed by atoms with E-state index in [1.54, 1.807) is 23.3 Å². The van der Waals surface area contributed by atoms with Crippen molar-refractivity contribution in [2.45, 2.75) is 13.3 Å². The third kappa shape index (κ3) is 1.61. The first-order chi connectivity index (χ1) is 6.81. The van der Waals surface area contributed by atoms with Gasteiger partial charge in [-0.15, -0.1) is 0 Å². The number of nitrogens with zero attached hydrogens (tertiary/aromatic N) is 4. The summed E-state index contributed by atoms with van der Waals surface area (Å²) in [4.78, 5) is 8.17. The van der Waals surface area contributed by atoms with E-state index in [1.807, 2.05) is 6.07 Å². The standard InChI is InChI=1S/C9H9ClN4/c1-2-8-3-4-13-14(8)9-11-5-7(10)6-12-9/h3-6H,2H2,1H3.